The molecule has 0 radical (unpaired) electrons. The number of Topliss-reactive ketones (excluding diaryl/α,β-unsaturated/α-hetero) is 1. The van der Waals surface area contributed by atoms with Gasteiger partial charge in [0, 0.05) is 23.0 Å². The van der Waals surface area contributed by atoms with Crippen LogP contribution in [0.25, 0.3) is 0 Å². The minimum absolute atomic E-state index is 0.101. The number of nitrogens with one attached hydrogen (secondary N) is 3. The number of anilines is 2. The predicted molar refractivity (Wildman–Crippen MR) is 107 cm³/mol. The number of urea groups is 1. The lowest BCUT2D eigenvalue weighted by Crippen LogP contribution is -2.23. The van der Waals surface area contributed by atoms with E-state index in [0.717, 1.165) is 49.5 Å². The number of carbonyl (C=O) groups is 2. The minimum atomic E-state index is -3.39. The third-order valence-corrected chi connectivity index (χ3v) is 5.74. The number of ketones is 1. The molecule has 0 atom stereocenters. The van der Waals surface area contributed by atoms with Crippen LogP contribution in [0.4, 0.5) is 20.0 Å². The molecule has 2 aromatic rings. The van der Waals surface area contributed by atoms with Gasteiger partial charge in [0.1, 0.15) is 5.82 Å². The van der Waals surface area contributed by atoms with Crippen LogP contribution >= 0.6 is 11.5 Å². The second kappa shape index (κ2) is 8.93. The summed E-state index contributed by atoms with van der Waals surface area (Å²) in [5.41, 5.74) is 0.353. The summed E-state index contributed by atoms with van der Waals surface area (Å²) in [5.74, 6) is -0.685. The Balaban J connectivity index is 1.66. The summed E-state index contributed by atoms with van der Waals surface area (Å²) in [6.45, 7) is -0.101. The summed E-state index contributed by atoms with van der Waals surface area (Å²) in [5, 5.41) is 5.17. The molecule has 0 spiro atoms. The first-order chi connectivity index (χ1) is 13.7. The third kappa shape index (κ3) is 6.02. The maximum atomic E-state index is 13.7. The lowest BCUT2D eigenvalue weighted by atomic mass is 9.95. The van der Waals surface area contributed by atoms with E-state index in [1.807, 2.05) is 0 Å². The number of sulfonamides is 1. The third-order valence-electron chi connectivity index (χ3n) is 4.40. The van der Waals surface area contributed by atoms with Gasteiger partial charge in [-0.3, -0.25) is 10.1 Å². The number of benzene rings is 1. The van der Waals surface area contributed by atoms with E-state index in [1.165, 1.54) is 12.1 Å². The molecule has 3 N–H and O–H groups in total. The zero-order chi connectivity index (χ0) is 21.0. The van der Waals surface area contributed by atoms with E-state index in [-0.39, 0.29) is 40.5 Å². The minimum Gasteiger partial charge on any atom is -0.307 e. The lowest BCUT2D eigenvalue weighted by molar-refractivity contribution is 0.0923. The Morgan fingerprint density at radius 2 is 1.97 bits per heavy atom. The number of amides is 2. The highest BCUT2D eigenvalue weighted by Crippen LogP contribution is 2.31. The SMILES string of the molecule is CS(=O)(=O)NCc1nsc(NC(=O)Nc2ccc(F)cc2C(=O)C2CCCC2)n1. The van der Waals surface area contributed by atoms with E-state index in [1.54, 1.807) is 0 Å². The van der Waals surface area contributed by atoms with Crippen LogP contribution in [-0.4, -0.2) is 35.8 Å². The van der Waals surface area contributed by atoms with Gasteiger partial charge in [0.25, 0.3) is 0 Å². The Morgan fingerprint density at radius 3 is 2.66 bits per heavy atom. The zero-order valence-corrected chi connectivity index (χ0v) is 17.2. The van der Waals surface area contributed by atoms with Gasteiger partial charge < -0.3 is 5.32 Å². The first kappa shape index (κ1) is 21.3. The summed E-state index contributed by atoms with van der Waals surface area (Å²) < 4.78 is 42.1. The van der Waals surface area contributed by atoms with Crippen molar-refractivity contribution in [3.63, 3.8) is 0 Å². The summed E-state index contributed by atoms with van der Waals surface area (Å²) in [7, 11) is -3.39. The molecule has 2 amide bonds. The molecule has 1 aromatic heterocycles. The van der Waals surface area contributed by atoms with E-state index in [2.05, 4.69) is 24.7 Å². The van der Waals surface area contributed by atoms with Crippen molar-refractivity contribution in [1.29, 1.82) is 0 Å². The van der Waals surface area contributed by atoms with Gasteiger partial charge in [0.05, 0.1) is 18.5 Å². The molecule has 0 unspecified atom stereocenters. The fraction of sp³-hybridized carbons (Fsp3) is 0.412. The van der Waals surface area contributed by atoms with Crippen LogP contribution in [-0.2, 0) is 16.6 Å². The van der Waals surface area contributed by atoms with Crippen molar-refractivity contribution in [1.82, 2.24) is 14.1 Å². The molecule has 1 aliphatic rings. The van der Waals surface area contributed by atoms with Crippen molar-refractivity contribution in [3.05, 3.63) is 35.4 Å². The highest BCUT2D eigenvalue weighted by Gasteiger charge is 2.26. The smallest absolute Gasteiger partial charge is 0.307 e. The van der Waals surface area contributed by atoms with Crippen LogP contribution in [0, 0.1) is 11.7 Å². The maximum absolute atomic E-state index is 13.7. The number of aromatic nitrogens is 2. The highest BCUT2D eigenvalue weighted by molar-refractivity contribution is 7.88. The predicted octanol–water partition coefficient (Wildman–Crippen LogP) is 2.74. The van der Waals surface area contributed by atoms with Gasteiger partial charge in [0.15, 0.2) is 11.6 Å². The number of carbonyl (C=O) groups excluding carboxylic acids is 2. The van der Waals surface area contributed by atoms with Crippen LogP contribution < -0.4 is 15.4 Å². The molecule has 1 aromatic carbocycles. The second-order valence-corrected chi connectivity index (χ2v) is 9.31. The van der Waals surface area contributed by atoms with Crippen LogP contribution in [0.2, 0.25) is 0 Å². The van der Waals surface area contributed by atoms with Gasteiger partial charge in [-0.25, -0.2) is 27.3 Å². The first-order valence-corrected chi connectivity index (χ1v) is 11.6. The molecule has 29 heavy (non-hydrogen) atoms. The fourth-order valence-electron chi connectivity index (χ4n) is 3.06. The van der Waals surface area contributed by atoms with E-state index in [4.69, 9.17) is 0 Å². The normalized spacial score (nSPS) is 14.7. The van der Waals surface area contributed by atoms with E-state index in [0.29, 0.717) is 0 Å². The number of hydrogen-bond acceptors (Lipinski definition) is 7. The summed E-state index contributed by atoms with van der Waals surface area (Å²) in [4.78, 5) is 29.0. The van der Waals surface area contributed by atoms with Crippen molar-refractivity contribution in [2.75, 3.05) is 16.9 Å². The van der Waals surface area contributed by atoms with E-state index in [9.17, 15) is 22.4 Å². The second-order valence-electron chi connectivity index (χ2n) is 6.72. The number of nitrogens with zero attached hydrogens (tertiary/aromatic N) is 2. The zero-order valence-electron chi connectivity index (χ0n) is 15.6. The van der Waals surface area contributed by atoms with E-state index >= 15 is 0 Å². The van der Waals surface area contributed by atoms with Gasteiger partial charge >= 0.3 is 6.03 Å². The van der Waals surface area contributed by atoms with Crippen LogP contribution in [0.15, 0.2) is 18.2 Å². The number of halogens is 1. The Bertz CT molecular complexity index is 1020. The Kier molecular flexibility index (Phi) is 6.55. The summed E-state index contributed by atoms with van der Waals surface area (Å²) in [6, 6.07) is 2.98. The number of hydrogen-bond donors (Lipinski definition) is 3. The molecule has 0 aliphatic heterocycles. The van der Waals surface area contributed by atoms with Crippen LogP contribution in [0.3, 0.4) is 0 Å². The molecule has 1 fully saturated rings. The molecule has 3 rings (SSSR count). The van der Waals surface area contributed by atoms with Gasteiger partial charge in [-0.1, -0.05) is 12.8 Å². The molecular formula is C17H20FN5O4S2. The maximum Gasteiger partial charge on any atom is 0.325 e. The average molecular weight is 442 g/mol. The topological polar surface area (TPSA) is 130 Å². The quantitative estimate of drug-likeness (QED) is 0.567. The molecule has 156 valence electrons. The van der Waals surface area contributed by atoms with Gasteiger partial charge in [-0.05, 0) is 31.0 Å². The molecular weight excluding hydrogens is 421 g/mol. The number of rotatable bonds is 7. The monoisotopic (exact) mass is 441 g/mol. The fourth-order valence-corrected chi connectivity index (χ4v) is 4.03. The summed E-state index contributed by atoms with van der Waals surface area (Å²) >= 11 is 0.878. The van der Waals surface area contributed by atoms with Gasteiger partial charge in [-0.15, -0.1) is 0 Å². The Labute approximate surface area is 171 Å². The van der Waals surface area contributed by atoms with Crippen molar-refractivity contribution in [2.45, 2.75) is 32.2 Å². The molecule has 12 heteroatoms. The molecule has 1 aliphatic carbocycles. The van der Waals surface area contributed by atoms with Crippen LogP contribution in [0.5, 0.6) is 0 Å². The first-order valence-electron chi connectivity index (χ1n) is 8.90. The van der Waals surface area contributed by atoms with E-state index < -0.39 is 21.9 Å². The standard InChI is InChI=1S/C17H20FN5O4S2/c1-29(26,27)19-9-14-21-17(28-23-14)22-16(25)20-13-7-6-11(18)8-12(13)15(24)10-4-2-3-5-10/h6-8,10,19H,2-5,9H2,1H3,(H2,20,21,22,23,25). The molecule has 9 nitrogen and oxygen atoms in total. The van der Waals surface area contributed by atoms with Crippen LogP contribution in [0.1, 0.15) is 41.9 Å². The van der Waals surface area contributed by atoms with Gasteiger partial charge in [0.2, 0.25) is 15.2 Å². The Morgan fingerprint density at radius 1 is 1.24 bits per heavy atom. The molecule has 1 saturated carbocycles. The Hall–Kier alpha value is -2.44. The average Bonchev–Trinajstić information content (AvgIpc) is 3.32. The largest absolute Gasteiger partial charge is 0.325 e. The molecule has 1 heterocycles. The van der Waals surface area contributed by atoms with Crippen molar-refractivity contribution in [2.24, 2.45) is 5.92 Å². The highest BCUT2D eigenvalue weighted by atomic mass is 32.2. The molecule has 0 saturated heterocycles. The summed E-state index contributed by atoms with van der Waals surface area (Å²) in [6.07, 6.45) is 4.45. The van der Waals surface area contributed by atoms with Crippen molar-refractivity contribution >= 4 is 44.2 Å². The lowest BCUT2D eigenvalue weighted by Gasteiger charge is -2.13. The van der Waals surface area contributed by atoms with Crippen molar-refractivity contribution < 1.29 is 22.4 Å². The van der Waals surface area contributed by atoms with Crippen molar-refractivity contribution in [3.8, 4) is 0 Å². The molecule has 0 bridgehead atoms. The van der Waals surface area contributed by atoms with Gasteiger partial charge in [-0.2, -0.15) is 4.37 Å².